The van der Waals surface area contributed by atoms with Crippen molar-refractivity contribution in [3.63, 3.8) is 0 Å². The van der Waals surface area contributed by atoms with Gasteiger partial charge in [-0.05, 0) is 25.0 Å². The lowest BCUT2D eigenvalue weighted by Gasteiger charge is -2.38. The number of ether oxygens (including phenoxy) is 1. The smallest absolute Gasteiger partial charge is 0.260 e. The third kappa shape index (κ3) is 4.04. The van der Waals surface area contributed by atoms with Gasteiger partial charge in [-0.15, -0.1) is 5.10 Å². The summed E-state index contributed by atoms with van der Waals surface area (Å²) in [6, 6.07) is 3.50. The molecule has 1 saturated heterocycles. The molecule has 0 saturated carbocycles. The number of aromatic nitrogens is 4. The number of piperidine rings is 1. The summed E-state index contributed by atoms with van der Waals surface area (Å²) in [6.07, 6.45) is 7.83. The van der Waals surface area contributed by atoms with Gasteiger partial charge in [-0.3, -0.25) is 9.78 Å². The highest BCUT2D eigenvalue weighted by Crippen LogP contribution is 2.23. The predicted molar refractivity (Wildman–Crippen MR) is 80.5 cm³/mol. The maximum Gasteiger partial charge on any atom is 0.260 e. The summed E-state index contributed by atoms with van der Waals surface area (Å²) in [4.78, 5) is 17.9. The predicted octanol–water partition coefficient (Wildman–Crippen LogP) is 0.106. The maximum absolute atomic E-state index is 12.3. The van der Waals surface area contributed by atoms with Gasteiger partial charge in [0.2, 0.25) is 0 Å². The average Bonchev–Trinajstić information content (AvgIpc) is 3.06. The molecule has 0 spiro atoms. The van der Waals surface area contributed by atoms with Crippen molar-refractivity contribution in [1.29, 1.82) is 0 Å². The van der Waals surface area contributed by atoms with Crippen LogP contribution in [0, 0.1) is 0 Å². The summed E-state index contributed by atoms with van der Waals surface area (Å²) < 4.78 is 7.02. The third-order valence-corrected chi connectivity index (χ3v) is 3.83. The molecule has 0 aromatic carbocycles. The van der Waals surface area contributed by atoms with Gasteiger partial charge < -0.3 is 14.7 Å². The zero-order valence-electron chi connectivity index (χ0n) is 12.7. The number of hydrogen-bond donors (Lipinski definition) is 1. The zero-order chi connectivity index (χ0) is 16.1. The van der Waals surface area contributed by atoms with Crippen molar-refractivity contribution >= 4 is 5.91 Å². The Morgan fingerprint density at radius 1 is 1.43 bits per heavy atom. The number of pyridine rings is 1. The number of β-amino-alcohol motifs (C(OH)–C–C–N with tert-alkyl or cyclic N) is 1. The molecule has 3 rings (SSSR count). The van der Waals surface area contributed by atoms with Gasteiger partial charge in [0.05, 0.1) is 25.5 Å². The van der Waals surface area contributed by atoms with Crippen LogP contribution < -0.4 is 4.74 Å². The van der Waals surface area contributed by atoms with Crippen molar-refractivity contribution in [3.05, 3.63) is 36.9 Å². The molecule has 1 fully saturated rings. The molecule has 0 radical (unpaired) electrons. The molecule has 1 unspecified atom stereocenters. The largest absolute Gasteiger partial charge is 0.482 e. The highest BCUT2D eigenvalue weighted by molar-refractivity contribution is 5.78. The summed E-state index contributed by atoms with van der Waals surface area (Å²) >= 11 is 0. The summed E-state index contributed by atoms with van der Waals surface area (Å²) in [5.41, 5.74) is -0.990. The van der Waals surface area contributed by atoms with Crippen LogP contribution in [0.3, 0.4) is 0 Å². The van der Waals surface area contributed by atoms with Gasteiger partial charge in [0, 0.05) is 18.9 Å². The Balaban J connectivity index is 1.56. The lowest BCUT2D eigenvalue weighted by Crippen LogP contribution is -2.53. The molecule has 23 heavy (non-hydrogen) atoms. The van der Waals surface area contributed by atoms with Crippen LogP contribution in [-0.4, -0.2) is 61.2 Å². The molecule has 1 aliphatic heterocycles. The number of rotatable bonds is 5. The standard InChI is InChI=1S/C15H19N5O3/c21-14(10-23-13-3-1-5-16-9-13)19-7-2-4-15(22,11-19)12-20-8-6-17-18-20/h1,3,5-6,8-9,22H,2,4,7,10-12H2. The molecule has 2 aromatic heterocycles. The first-order chi connectivity index (χ1) is 11.1. The van der Waals surface area contributed by atoms with E-state index in [-0.39, 0.29) is 19.1 Å². The molecule has 1 atom stereocenters. The molecular formula is C15H19N5O3. The van der Waals surface area contributed by atoms with Crippen molar-refractivity contribution in [2.75, 3.05) is 19.7 Å². The Morgan fingerprint density at radius 3 is 3.09 bits per heavy atom. The number of hydrogen-bond acceptors (Lipinski definition) is 6. The first-order valence-electron chi connectivity index (χ1n) is 7.52. The lowest BCUT2D eigenvalue weighted by atomic mass is 9.93. The molecule has 1 aliphatic rings. The fraction of sp³-hybridized carbons (Fsp3) is 0.467. The Hall–Kier alpha value is -2.48. The molecule has 1 amide bonds. The summed E-state index contributed by atoms with van der Waals surface area (Å²) in [5, 5.41) is 18.3. The van der Waals surface area contributed by atoms with E-state index < -0.39 is 5.60 Å². The Bertz CT molecular complexity index is 634. The number of nitrogens with zero attached hydrogens (tertiary/aromatic N) is 5. The minimum atomic E-state index is -0.990. The summed E-state index contributed by atoms with van der Waals surface area (Å²) in [7, 11) is 0. The maximum atomic E-state index is 12.3. The van der Waals surface area contributed by atoms with E-state index in [0.717, 1.165) is 6.42 Å². The number of likely N-dealkylation sites (tertiary alicyclic amines) is 1. The third-order valence-electron chi connectivity index (χ3n) is 3.83. The van der Waals surface area contributed by atoms with Crippen LogP contribution in [-0.2, 0) is 11.3 Å². The highest BCUT2D eigenvalue weighted by atomic mass is 16.5. The van der Waals surface area contributed by atoms with Gasteiger partial charge >= 0.3 is 0 Å². The van der Waals surface area contributed by atoms with Crippen molar-refractivity contribution in [2.45, 2.75) is 25.0 Å². The van der Waals surface area contributed by atoms with E-state index in [1.807, 2.05) is 0 Å². The zero-order valence-corrected chi connectivity index (χ0v) is 12.7. The van der Waals surface area contributed by atoms with Crippen LogP contribution in [0.4, 0.5) is 0 Å². The Morgan fingerprint density at radius 2 is 2.35 bits per heavy atom. The Labute approximate surface area is 133 Å². The lowest BCUT2D eigenvalue weighted by molar-refractivity contribution is -0.141. The van der Waals surface area contributed by atoms with Crippen molar-refractivity contribution in [2.24, 2.45) is 0 Å². The first-order valence-corrected chi connectivity index (χ1v) is 7.52. The van der Waals surface area contributed by atoms with E-state index in [4.69, 9.17) is 4.74 Å². The van der Waals surface area contributed by atoms with Gasteiger partial charge in [0.25, 0.3) is 5.91 Å². The normalized spacial score (nSPS) is 21.2. The van der Waals surface area contributed by atoms with Crippen LogP contribution in [0.1, 0.15) is 12.8 Å². The van der Waals surface area contributed by atoms with Gasteiger partial charge in [-0.25, -0.2) is 4.68 Å². The van der Waals surface area contributed by atoms with Crippen LogP contribution in [0.25, 0.3) is 0 Å². The van der Waals surface area contributed by atoms with E-state index in [1.165, 1.54) is 0 Å². The van der Waals surface area contributed by atoms with Gasteiger partial charge in [-0.2, -0.15) is 0 Å². The molecule has 3 heterocycles. The molecule has 0 bridgehead atoms. The van der Waals surface area contributed by atoms with Crippen molar-refractivity contribution in [1.82, 2.24) is 24.9 Å². The molecule has 1 N–H and O–H groups in total. The fourth-order valence-corrected chi connectivity index (χ4v) is 2.74. The number of amides is 1. The SMILES string of the molecule is O=C(COc1cccnc1)N1CCCC(O)(Cn2ccnn2)C1. The topological polar surface area (TPSA) is 93.4 Å². The van der Waals surface area contributed by atoms with E-state index in [0.29, 0.717) is 25.3 Å². The molecule has 0 aliphatic carbocycles. The molecule has 2 aromatic rings. The second-order valence-corrected chi connectivity index (χ2v) is 5.72. The summed E-state index contributed by atoms with van der Waals surface area (Å²) in [5.74, 6) is 0.404. The molecular weight excluding hydrogens is 298 g/mol. The average molecular weight is 317 g/mol. The van der Waals surface area contributed by atoms with E-state index >= 15 is 0 Å². The second kappa shape index (κ2) is 6.74. The van der Waals surface area contributed by atoms with Crippen molar-refractivity contribution < 1.29 is 14.6 Å². The summed E-state index contributed by atoms with van der Waals surface area (Å²) in [6.45, 7) is 1.14. The monoisotopic (exact) mass is 317 g/mol. The quantitative estimate of drug-likeness (QED) is 0.841. The fourth-order valence-electron chi connectivity index (χ4n) is 2.74. The van der Waals surface area contributed by atoms with Gasteiger partial charge in [-0.1, -0.05) is 5.21 Å². The minimum absolute atomic E-state index is 0.0644. The van der Waals surface area contributed by atoms with Crippen LogP contribution in [0.15, 0.2) is 36.9 Å². The second-order valence-electron chi connectivity index (χ2n) is 5.72. The van der Waals surface area contributed by atoms with Gasteiger partial charge in [0.1, 0.15) is 11.4 Å². The minimum Gasteiger partial charge on any atom is -0.482 e. The highest BCUT2D eigenvalue weighted by Gasteiger charge is 2.35. The number of aliphatic hydroxyl groups is 1. The van der Waals surface area contributed by atoms with E-state index in [9.17, 15) is 9.90 Å². The molecule has 122 valence electrons. The van der Waals surface area contributed by atoms with Crippen LogP contribution >= 0.6 is 0 Å². The van der Waals surface area contributed by atoms with E-state index in [1.54, 1.807) is 46.5 Å². The van der Waals surface area contributed by atoms with Crippen molar-refractivity contribution in [3.8, 4) is 5.75 Å². The number of carbonyl (C=O) groups excluding carboxylic acids is 1. The Kier molecular flexibility index (Phi) is 4.52. The van der Waals surface area contributed by atoms with Crippen LogP contribution in [0.2, 0.25) is 0 Å². The molecule has 8 nitrogen and oxygen atoms in total. The van der Waals surface area contributed by atoms with Gasteiger partial charge in [0.15, 0.2) is 6.61 Å². The first kappa shape index (κ1) is 15.4. The van der Waals surface area contributed by atoms with Crippen LogP contribution in [0.5, 0.6) is 5.75 Å². The van der Waals surface area contributed by atoms with E-state index in [2.05, 4.69) is 15.3 Å². The number of carbonyl (C=O) groups is 1. The molecule has 8 heteroatoms.